The quantitative estimate of drug-likeness (QED) is 0.911. The van der Waals surface area contributed by atoms with Gasteiger partial charge in [0.15, 0.2) is 0 Å². The zero-order valence-electron chi connectivity index (χ0n) is 11.6. The van der Waals surface area contributed by atoms with E-state index in [0.29, 0.717) is 5.88 Å². The van der Waals surface area contributed by atoms with Gasteiger partial charge >= 0.3 is 0 Å². The zero-order valence-corrected chi connectivity index (χ0v) is 12.4. The Hall–Kier alpha value is -1.69. The molecule has 5 nitrogen and oxygen atoms in total. The van der Waals surface area contributed by atoms with E-state index >= 15 is 0 Å². The van der Waals surface area contributed by atoms with Crippen molar-refractivity contribution in [3.05, 3.63) is 28.0 Å². The molecule has 1 N–H and O–H groups in total. The maximum Gasteiger partial charge on any atom is 0.221 e. The molecule has 0 fully saturated rings. The van der Waals surface area contributed by atoms with Crippen molar-refractivity contribution in [1.82, 2.24) is 15.0 Å². The number of ether oxygens (including phenoxy) is 1. The van der Waals surface area contributed by atoms with Crippen LogP contribution in [0.1, 0.15) is 35.3 Å². The molecule has 102 valence electrons. The summed E-state index contributed by atoms with van der Waals surface area (Å²) in [4.78, 5) is 14.1. The van der Waals surface area contributed by atoms with Gasteiger partial charge in [-0.3, -0.25) is 0 Å². The second-order valence-corrected chi connectivity index (χ2v) is 5.39. The van der Waals surface area contributed by atoms with Gasteiger partial charge in [-0.1, -0.05) is 6.92 Å². The Morgan fingerprint density at radius 1 is 1.37 bits per heavy atom. The van der Waals surface area contributed by atoms with E-state index in [9.17, 15) is 0 Å². The largest absolute Gasteiger partial charge is 0.481 e. The number of aromatic nitrogens is 3. The van der Waals surface area contributed by atoms with Gasteiger partial charge in [0, 0.05) is 11.1 Å². The molecule has 2 rings (SSSR count). The van der Waals surface area contributed by atoms with Crippen LogP contribution < -0.4 is 10.1 Å². The van der Waals surface area contributed by atoms with Crippen LogP contribution in [0.5, 0.6) is 5.88 Å². The van der Waals surface area contributed by atoms with Crippen LogP contribution in [0, 0.1) is 6.92 Å². The molecule has 0 aliphatic carbocycles. The van der Waals surface area contributed by atoms with Crippen LogP contribution in [0.25, 0.3) is 0 Å². The van der Waals surface area contributed by atoms with Crippen molar-refractivity contribution in [1.29, 1.82) is 0 Å². The molecular formula is C13H18N4OS. The minimum atomic E-state index is 0.114. The van der Waals surface area contributed by atoms with Gasteiger partial charge in [0.05, 0.1) is 18.7 Å². The Kier molecular flexibility index (Phi) is 4.31. The molecule has 0 radical (unpaired) electrons. The Balaban J connectivity index is 2.16. The van der Waals surface area contributed by atoms with Gasteiger partial charge < -0.3 is 10.1 Å². The first-order valence-electron chi connectivity index (χ1n) is 6.22. The number of aryl methyl sites for hydroxylation is 1. The highest BCUT2D eigenvalue weighted by Crippen LogP contribution is 2.26. The van der Waals surface area contributed by atoms with Gasteiger partial charge in [0.1, 0.15) is 17.2 Å². The van der Waals surface area contributed by atoms with Crippen molar-refractivity contribution < 1.29 is 4.74 Å². The molecule has 0 amide bonds. The van der Waals surface area contributed by atoms with E-state index in [2.05, 4.69) is 34.1 Å². The number of thiazole rings is 1. The van der Waals surface area contributed by atoms with E-state index < -0.39 is 0 Å². The second-order valence-electron chi connectivity index (χ2n) is 4.24. The average Bonchev–Trinajstić information content (AvgIpc) is 2.90. The lowest BCUT2D eigenvalue weighted by atomic mass is 10.3. The molecule has 6 heteroatoms. The normalized spacial score (nSPS) is 12.2. The summed E-state index contributed by atoms with van der Waals surface area (Å²) in [6.07, 6.45) is 4.45. The predicted octanol–water partition coefficient (Wildman–Crippen LogP) is 2.99. The lowest BCUT2D eigenvalue weighted by Crippen LogP contribution is -2.09. The minimum Gasteiger partial charge on any atom is -0.481 e. The smallest absolute Gasteiger partial charge is 0.221 e. The van der Waals surface area contributed by atoms with E-state index in [1.165, 1.54) is 11.2 Å². The van der Waals surface area contributed by atoms with Gasteiger partial charge in [-0.25, -0.2) is 15.0 Å². The number of methoxy groups -OCH3 is 1. The molecule has 0 bridgehead atoms. The van der Waals surface area contributed by atoms with E-state index in [1.807, 2.05) is 13.1 Å². The van der Waals surface area contributed by atoms with Crippen molar-refractivity contribution in [2.75, 3.05) is 12.4 Å². The lowest BCUT2D eigenvalue weighted by molar-refractivity contribution is 0.393. The summed E-state index contributed by atoms with van der Waals surface area (Å²) in [6, 6.07) is 0.114. The summed E-state index contributed by atoms with van der Waals surface area (Å²) >= 11 is 1.73. The monoisotopic (exact) mass is 278 g/mol. The summed E-state index contributed by atoms with van der Waals surface area (Å²) in [6.45, 7) is 6.15. The molecule has 0 saturated heterocycles. The van der Waals surface area contributed by atoms with Crippen molar-refractivity contribution in [2.24, 2.45) is 0 Å². The van der Waals surface area contributed by atoms with Crippen LogP contribution in [0.15, 0.2) is 12.5 Å². The van der Waals surface area contributed by atoms with Gasteiger partial charge in [-0.05, 0) is 20.3 Å². The number of rotatable bonds is 5. The second kappa shape index (κ2) is 5.97. The fourth-order valence-corrected chi connectivity index (χ4v) is 2.60. The molecule has 0 aliphatic rings. The molecule has 0 aliphatic heterocycles. The third kappa shape index (κ3) is 3.01. The molecule has 2 aromatic rings. The third-order valence-corrected chi connectivity index (χ3v) is 4.20. The number of hydrogen-bond acceptors (Lipinski definition) is 6. The average molecular weight is 278 g/mol. The standard InChI is InChI=1S/C13H18N4OS/c1-5-10-6-14-13(19-10)9(3)17-11-8(2)12(18-4)16-7-15-11/h6-7,9H,5H2,1-4H3,(H,15,16,17). The van der Waals surface area contributed by atoms with Gasteiger partial charge in [0.25, 0.3) is 0 Å². The number of hydrogen-bond donors (Lipinski definition) is 1. The zero-order chi connectivity index (χ0) is 13.8. The first kappa shape index (κ1) is 13.7. The van der Waals surface area contributed by atoms with Crippen molar-refractivity contribution in [3.63, 3.8) is 0 Å². The predicted molar refractivity (Wildman–Crippen MR) is 76.9 cm³/mol. The highest BCUT2D eigenvalue weighted by molar-refractivity contribution is 7.11. The Bertz CT molecular complexity index is 555. The molecule has 0 saturated carbocycles. The number of nitrogens with one attached hydrogen (secondary N) is 1. The fraction of sp³-hybridized carbons (Fsp3) is 0.462. The van der Waals surface area contributed by atoms with E-state index in [1.54, 1.807) is 18.4 Å². The summed E-state index contributed by atoms with van der Waals surface area (Å²) in [5.74, 6) is 1.38. The van der Waals surface area contributed by atoms with Crippen LogP contribution >= 0.6 is 11.3 Å². The molecular weight excluding hydrogens is 260 g/mol. The maximum atomic E-state index is 5.19. The Morgan fingerprint density at radius 3 is 2.79 bits per heavy atom. The number of nitrogens with zero attached hydrogens (tertiary/aromatic N) is 3. The first-order chi connectivity index (χ1) is 9.15. The summed E-state index contributed by atoms with van der Waals surface area (Å²) in [5, 5.41) is 4.42. The van der Waals surface area contributed by atoms with Crippen LogP contribution in [-0.4, -0.2) is 22.1 Å². The van der Waals surface area contributed by atoms with Crippen molar-refractivity contribution >= 4 is 17.2 Å². The molecule has 2 aromatic heterocycles. The molecule has 2 heterocycles. The SMILES string of the molecule is CCc1cnc(C(C)Nc2ncnc(OC)c2C)s1. The summed E-state index contributed by atoms with van der Waals surface area (Å²) in [7, 11) is 1.61. The molecule has 0 aromatic carbocycles. The minimum absolute atomic E-state index is 0.114. The topological polar surface area (TPSA) is 59.9 Å². The Labute approximate surface area is 117 Å². The highest BCUT2D eigenvalue weighted by Gasteiger charge is 2.13. The summed E-state index contributed by atoms with van der Waals surface area (Å²) in [5.41, 5.74) is 0.907. The van der Waals surface area contributed by atoms with Crippen LogP contribution in [-0.2, 0) is 6.42 Å². The van der Waals surface area contributed by atoms with Crippen LogP contribution in [0.3, 0.4) is 0 Å². The van der Waals surface area contributed by atoms with Gasteiger partial charge in [-0.2, -0.15) is 0 Å². The van der Waals surface area contributed by atoms with E-state index in [-0.39, 0.29) is 6.04 Å². The van der Waals surface area contributed by atoms with Crippen LogP contribution in [0.2, 0.25) is 0 Å². The first-order valence-corrected chi connectivity index (χ1v) is 7.04. The lowest BCUT2D eigenvalue weighted by Gasteiger charge is -2.14. The third-order valence-electron chi connectivity index (χ3n) is 2.87. The number of anilines is 1. The maximum absolute atomic E-state index is 5.19. The van der Waals surface area contributed by atoms with Crippen molar-refractivity contribution in [2.45, 2.75) is 33.2 Å². The highest BCUT2D eigenvalue weighted by atomic mass is 32.1. The van der Waals surface area contributed by atoms with Gasteiger partial charge in [-0.15, -0.1) is 11.3 Å². The van der Waals surface area contributed by atoms with Crippen LogP contribution in [0.4, 0.5) is 5.82 Å². The molecule has 1 unspecified atom stereocenters. The molecule has 1 atom stereocenters. The van der Waals surface area contributed by atoms with E-state index in [4.69, 9.17) is 4.74 Å². The Morgan fingerprint density at radius 2 is 2.16 bits per heavy atom. The van der Waals surface area contributed by atoms with Gasteiger partial charge in [0.2, 0.25) is 5.88 Å². The van der Waals surface area contributed by atoms with Crippen molar-refractivity contribution in [3.8, 4) is 5.88 Å². The summed E-state index contributed by atoms with van der Waals surface area (Å²) < 4.78 is 5.19. The molecule has 0 spiro atoms. The van der Waals surface area contributed by atoms with E-state index in [0.717, 1.165) is 22.8 Å². The fourth-order valence-electron chi connectivity index (χ4n) is 1.74. The molecule has 19 heavy (non-hydrogen) atoms.